The highest BCUT2D eigenvalue weighted by atomic mass is 16.2. The van der Waals surface area contributed by atoms with E-state index in [1.165, 1.54) is 32.1 Å². The molecule has 2 atom stereocenters. The molecule has 122 valence electrons. The number of amides is 3. The van der Waals surface area contributed by atoms with Crippen molar-refractivity contribution in [2.75, 3.05) is 13.1 Å². The fraction of sp³-hybridized carbons (Fsp3) is 0.882. The molecule has 0 radical (unpaired) electrons. The van der Waals surface area contributed by atoms with Crippen LogP contribution < -0.4 is 10.6 Å². The third kappa shape index (κ3) is 2.48. The lowest BCUT2D eigenvalue weighted by Gasteiger charge is -2.46. The average Bonchev–Trinajstić information content (AvgIpc) is 3.30. The van der Waals surface area contributed by atoms with Gasteiger partial charge in [0.15, 0.2) is 0 Å². The zero-order valence-corrected chi connectivity index (χ0v) is 13.3. The maximum atomic E-state index is 12.7. The van der Waals surface area contributed by atoms with Crippen LogP contribution in [0.15, 0.2) is 0 Å². The topological polar surface area (TPSA) is 61.4 Å². The van der Waals surface area contributed by atoms with E-state index in [1.54, 1.807) is 0 Å². The molecule has 1 heterocycles. The number of hydrogen-bond acceptors (Lipinski definition) is 2. The predicted octanol–water partition coefficient (Wildman–Crippen LogP) is 2.02. The number of carbonyl (C=O) groups excluding carboxylic acids is 2. The lowest BCUT2D eigenvalue weighted by molar-refractivity contribution is -0.126. The molecule has 4 aliphatic rings. The zero-order chi connectivity index (χ0) is 15.2. The molecule has 4 rings (SSSR count). The number of urea groups is 1. The first-order valence-electron chi connectivity index (χ1n) is 9.02. The van der Waals surface area contributed by atoms with Gasteiger partial charge in [0.2, 0.25) is 5.91 Å². The number of fused-ring (bicyclic) bond motifs is 1. The number of nitrogens with zero attached hydrogens (tertiary/aromatic N) is 1. The van der Waals surface area contributed by atoms with E-state index in [-0.39, 0.29) is 30.6 Å². The van der Waals surface area contributed by atoms with Crippen molar-refractivity contribution in [3.05, 3.63) is 0 Å². The average molecular weight is 305 g/mol. The van der Waals surface area contributed by atoms with Gasteiger partial charge in [0.25, 0.3) is 0 Å². The van der Waals surface area contributed by atoms with Crippen LogP contribution in [-0.2, 0) is 4.79 Å². The van der Waals surface area contributed by atoms with Crippen LogP contribution in [0.3, 0.4) is 0 Å². The van der Waals surface area contributed by atoms with Gasteiger partial charge in [0.1, 0.15) is 6.54 Å². The maximum Gasteiger partial charge on any atom is 0.318 e. The number of hydrogen-bond donors (Lipinski definition) is 2. The zero-order valence-electron chi connectivity index (χ0n) is 13.3. The number of rotatable bonds is 3. The first-order chi connectivity index (χ1) is 10.7. The van der Waals surface area contributed by atoms with Gasteiger partial charge in [-0.1, -0.05) is 19.3 Å². The number of carbonyl (C=O) groups is 2. The third-order valence-corrected chi connectivity index (χ3v) is 6.44. The van der Waals surface area contributed by atoms with Crippen molar-refractivity contribution in [3.63, 3.8) is 0 Å². The fourth-order valence-electron chi connectivity index (χ4n) is 4.81. The summed E-state index contributed by atoms with van der Waals surface area (Å²) >= 11 is 0. The van der Waals surface area contributed by atoms with Crippen LogP contribution in [0.5, 0.6) is 0 Å². The Morgan fingerprint density at radius 1 is 1.18 bits per heavy atom. The molecule has 5 nitrogen and oxygen atoms in total. The Bertz CT molecular complexity index is 471. The molecular formula is C17H27N3O2. The lowest BCUT2D eigenvalue weighted by atomic mass is 9.65. The Hall–Kier alpha value is -1.26. The van der Waals surface area contributed by atoms with Crippen molar-refractivity contribution >= 4 is 11.9 Å². The molecule has 3 amide bonds. The van der Waals surface area contributed by atoms with Gasteiger partial charge in [-0.3, -0.25) is 4.79 Å². The first kappa shape index (κ1) is 14.3. The van der Waals surface area contributed by atoms with Gasteiger partial charge in [-0.15, -0.1) is 0 Å². The summed E-state index contributed by atoms with van der Waals surface area (Å²) in [5.41, 5.74) is 0.389. The maximum absolute atomic E-state index is 12.7. The highest BCUT2D eigenvalue weighted by Gasteiger charge is 2.49. The van der Waals surface area contributed by atoms with E-state index in [0.717, 1.165) is 38.1 Å². The molecule has 0 aromatic heterocycles. The molecule has 0 aromatic rings. The molecule has 0 aromatic carbocycles. The van der Waals surface area contributed by atoms with Gasteiger partial charge >= 0.3 is 6.03 Å². The van der Waals surface area contributed by atoms with E-state index >= 15 is 0 Å². The summed E-state index contributed by atoms with van der Waals surface area (Å²) in [5.74, 6) is 0.840. The minimum absolute atomic E-state index is 0.00106. The Kier molecular flexibility index (Phi) is 3.54. The minimum Gasteiger partial charge on any atom is -0.350 e. The molecule has 3 aliphatic carbocycles. The number of piperazine rings is 1. The van der Waals surface area contributed by atoms with Gasteiger partial charge in [-0.05, 0) is 49.9 Å². The minimum atomic E-state index is -0.0151. The standard InChI is InChI=1S/C17H27N3O2/c21-15-10-20(14-5-2-1-4-13(14)19-15)16(22)18-11-17(8-3-9-17)12-6-7-12/h12-14H,1-11H2,(H,18,22)(H,19,21)/t13-,14+/m1/s1. The second-order valence-electron chi connectivity index (χ2n) is 7.80. The molecule has 1 aliphatic heterocycles. The molecule has 1 saturated heterocycles. The molecule has 4 fully saturated rings. The summed E-state index contributed by atoms with van der Waals surface area (Å²) < 4.78 is 0. The van der Waals surface area contributed by atoms with E-state index in [2.05, 4.69) is 10.6 Å². The van der Waals surface area contributed by atoms with Crippen LogP contribution in [-0.4, -0.2) is 42.0 Å². The van der Waals surface area contributed by atoms with Gasteiger partial charge in [-0.2, -0.15) is 0 Å². The van der Waals surface area contributed by atoms with Crippen LogP contribution in [0.2, 0.25) is 0 Å². The smallest absolute Gasteiger partial charge is 0.318 e. The van der Waals surface area contributed by atoms with E-state index in [1.807, 2.05) is 4.90 Å². The van der Waals surface area contributed by atoms with Gasteiger partial charge in [0, 0.05) is 12.6 Å². The van der Waals surface area contributed by atoms with Crippen molar-refractivity contribution in [3.8, 4) is 0 Å². The second kappa shape index (κ2) is 5.43. The molecule has 0 unspecified atom stereocenters. The van der Waals surface area contributed by atoms with Gasteiger partial charge < -0.3 is 15.5 Å². The Morgan fingerprint density at radius 2 is 1.95 bits per heavy atom. The fourth-order valence-corrected chi connectivity index (χ4v) is 4.81. The van der Waals surface area contributed by atoms with Crippen molar-refractivity contribution in [1.29, 1.82) is 0 Å². The quantitative estimate of drug-likeness (QED) is 0.838. The summed E-state index contributed by atoms with van der Waals surface area (Å²) in [4.78, 5) is 26.4. The molecule has 3 saturated carbocycles. The van der Waals surface area contributed by atoms with Crippen molar-refractivity contribution in [2.45, 2.75) is 69.9 Å². The molecule has 2 N–H and O–H groups in total. The van der Waals surface area contributed by atoms with E-state index in [4.69, 9.17) is 0 Å². The first-order valence-corrected chi connectivity index (χ1v) is 9.02. The highest BCUT2D eigenvalue weighted by Crippen LogP contribution is 2.56. The highest BCUT2D eigenvalue weighted by molar-refractivity contribution is 5.86. The van der Waals surface area contributed by atoms with Gasteiger partial charge in [-0.25, -0.2) is 4.79 Å². The Balaban J connectivity index is 1.39. The van der Waals surface area contributed by atoms with Crippen molar-refractivity contribution in [1.82, 2.24) is 15.5 Å². The summed E-state index contributed by atoms with van der Waals surface area (Å²) in [6, 6.07) is 0.352. The SMILES string of the molecule is O=C1CN(C(=O)NCC2(C3CC3)CCC2)[C@H]2CCCC[C@H]2N1. The normalized spacial score (nSPS) is 33.5. The van der Waals surface area contributed by atoms with Crippen molar-refractivity contribution < 1.29 is 9.59 Å². The van der Waals surface area contributed by atoms with E-state index in [0.29, 0.717) is 5.41 Å². The molecule has 22 heavy (non-hydrogen) atoms. The summed E-state index contributed by atoms with van der Waals surface area (Å²) in [5, 5.41) is 6.24. The summed E-state index contributed by atoms with van der Waals surface area (Å²) in [7, 11) is 0. The summed E-state index contributed by atoms with van der Waals surface area (Å²) in [6.45, 7) is 1.04. The Labute approximate surface area is 132 Å². The Morgan fingerprint density at radius 3 is 2.64 bits per heavy atom. The molecule has 0 bridgehead atoms. The molecule has 5 heteroatoms. The summed E-state index contributed by atoms with van der Waals surface area (Å²) in [6.07, 6.45) is 10.9. The van der Waals surface area contributed by atoms with Crippen LogP contribution >= 0.6 is 0 Å². The second-order valence-corrected chi connectivity index (χ2v) is 7.80. The van der Waals surface area contributed by atoms with Gasteiger partial charge in [0.05, 0.1) is 6.04 Å². The van der Waals surface area contributed by atoms with Crippen LogP contribution in [0.4, 0.5) is 4.79 Å². The lowest BCUT2D eigenvalue weighted by Crippen LogP contribution is -2.65. The third-order valence-electron chi connectivity index (χ3n) is 6.44. The predicted molar refractivity (Wildman–Crippen MR) is 83.3 cm³/mol. The van der Waals surface area contributed by atoms with Crippen LogP contribution in [0.1, 0.15) is 57.8 Å². The number of nitrogens with one attached hydrogen (secondary N) is 2. The largest absolute Gasteiger partial charge is 0.350 e. The van der Waals surface area contributed by atoms with Crippen LogP contribution in [0, 0.1) is 11.3 Å². The van der Waals surface area contributed by atoms with E-state index < -0.39 is 0 Å². The molecule has 0 spiro atoms. The van der Waals surface area contributed by atoms with E-state index in [9.17, 15) is 9.59 Å². The monoisotopic (exact) mass is 305 g/mol. The van der Waals surface area contributed by atoms with Crippen molar-refractivity contribution in [2.24, 2.45) is 11.3 Å². The van der Waals surface area contributed by atoms with Crippen LogP contribution in [0.25, 0.3) is 0 Å². The molecular weight excluding hydrogens is 278 g/mol.